The maximum Gasteiger partial charge on any atom is 0.308 e. The van der Waals surface area contributed by atoms with Crippen LogP contribution in [0.3, 0.4) is 0 Å². The molecule has 0 heterocycles. The first-order chi connectivity index (χ1) is 10.7. The molecule has 0 spiro atoms. The van der Waals surface area contributed by atoms with Crippen LogP contribution in [0, 0.1) is 0 Å². The van der Waals surface area contributed by atoms with Gasteiger partial charge in [0.05, 0.1) is 12.8 Å². The molecule has 0 aliphatic carbocycles. The molecule has 2 N–H and O–H groups in total. The number of ether oxygens (including phenoxy) is 2. The predicted molar refractivity (Wildman–Crippen MR) is 76.3 cm³/mol. The van der Waals surface area contributed by atoms with E-state index in [1.807, 2.05) is 0 Å². The molecule has 1 rings (SSSR count). The summed E-state index contributed by atoms with van der Waals surface area (Å²) in [6.45, 7) is 2.34. The van der Waals surface area contributed by atoms with Crippen LogP contribution in [0.2, 0.25) is 0 Å². The van der Waals surface area contributed by atoms with Crippen molar-refractivity contribution in [3.05, 3.63) is 23.8 Å². The van der Waals surface area contributed by atoms with Crippen molar-refractivity contribution in [3.8, 4) is 11.5 Å². The second-order valence-electron chi connectivity index (χ2n) is 4.82. The van der Waals surface area contributed by atoms with Gasteiger partial charge in [0.2, 0.25) is 0 Å². The van der Waals surface area contributed by atoms with Crippen molar-refractivity contribution in [3.63, 3.8) is 0 Å². The molecule has 0 saturated heterocycles. The van der Waals surface area contributed by atoms with Gasteiger partial charge in [-0.2, -0.15) is 0 Å². The minimum atomic E-state index is -1.18. The molecule has 0 aliphatic rings. The van der Waals surface area contributed by atoms with Crippen molar-refractivity contribution in [1.29, 1.82) is 0 Å². The van der Waals surface area contributed by atoms with Crippen LogP contribution in [-0.2, 0) is 19.2 Å². The summed E-state index contributed by atoms with van der Waals surface area (Å²) in [5.74, 6) is -4.40. The quantitative estimate of drug-likeness (QED) is 0.571. The number of aliphatic carboxylic acids is 2. The van der Waals surface area contributed by atoms with E-state index in [9.17, 15) is 19.2 Å². The summed E-state index contributed by atoms with van der Waals surface area (Å²) in [6, 6.07) is 3.99. The second-order valence-corrected chi connectivity index (χ2v) is 4.82. The lowest BCUT2D eigenvalue weighted by molar-refractivity contribution is -0.139. The third-order valence-corrected chi connectivity index (χ3v) is 2.74. The van der Waals surface area contributed by atoms with Crippen molar-refractivity contribution in [1.82, 2.24) is 0 Å². The lowest BCUT2D eigenvalue weighted by Crippen LogP contribution is -2.12. The Hall–Kier alpha value is -2.90. The Balaban J connectivity index is 3.26. The molecule has 0 saturated carbocycles. The third kappa shape index (κ3) is 6.60. The molecule has 0 aliphatic heterocycles. The van der Waals surface area contributed by atoms with Crippen LogP contribution in [0.5, 0.6) is 11.5 Å². The second kappa shape index (κ2) is 7.92. The maximum absolute atomic E-state index is 11.1. The van der Waals surface area contributed by atoms with Crippen LogP contribution in [0.15, 0.2) is 18.2 Å². The normalized spacial score (nSPS) is 10.2. The average Bonchev–Trinajstić information content (AvgIpc) is 2.34. The lowest BCUT2D eigenvalue weighted by Gasteiger charge is -2.16. The standard InChI is InChI=1S/C15H16O8/c1-8(16)22-12-3-10(4-13(7-12)23-9(2)17)11(5-14(18)19)6-15(20)21/h3-4,7,11H,5-6H2,1-2H3,(H,18,19)(H,20,21). The minimum Gasteiger partial charge on any atom is -0.481 e. The molecule has 0 amide bonds. The topological polar surface area (TPSA) is 127 Å². The first kappa shape index (κ1) is 18.1. The van der Waals surface area contributed by atoms with Gasteiger partial charge >= 0.3 is 23.9 Å². The smallest absolute Gasteiger partial charge is 0.308 e. The van der Waals surface area contributed by atoms with E-state index >= 15 is 0 Å². The van der Waals surface area contributed by atoms with Crippen molar-refractivity contribution in [2.45, 2.75) is 32.6 Å². The minimum absolute atomic E-state index is 0.0343. The predicted octanol–water partition coefficient (Wildman–Crippen LogP) is 1.57. The molecule has 1 aromatic carbocycles. The number of carbonyl (C=O) groups is 4. The molecule has 1 aromatic rings. The van der Waals surface area contributed by atoms with Gasteiger partial charge in [-0.25, -0.2) is 0 Å². The molecule has 124 valence electrons. The van der Waals surface area contributed by atoms with Crippen LogP contribution in [-0.4, -0.2) is 34.1 Å². The highest BCUT2D eigenvalue weighted by Gasteiger charge is 2.21. The average molecular weight is 324 g/mol. The Morgan fingerprint density at radius 3 is 1.57 bits per heavy atom. The molecular formula is C15H16O8. The summed E-state index contributed by atoms with van der Waals surface area (Å²) in [5, 5.41) is 17.8. The molecule has 0 unspecified atom stereocenters. The van der Waals surface area contributed by atoms with Crippen LogP contribution in [0.25, 0.3) is 0 Å². The summed E-state index contributed by atoms with van der Waals surface area (Å²) in [4.78, 5) is 44.0. The summed E-state index contributed by atoms with van der Waals surface area (Å²) in [7, 11) is 0. The summed E-state index contributed by atoms with van der Waals surface area (Å²) in [6.07, 6.45) is -0.870. The van der Waals surface area contributed by atoms with E-state index in [2.05, 4.69) is 0 Å². The maximum atomic E-state index is 11.1. The van der Waals surface area contributed by atoms with E-state index in [-0.39, 0.29) is 17.1 Å². The van der Waals surface area contributed by atoms with E-state index in [1.54, 1.807) is 0 Å². The molecule has 8 nitrogen and oxygen atoms in total. The highest BCUT2D eigenvalue weighted by atomic mass is 16.5. The first-order valence-corrected chi connectivity index (χ1v) is 6.62. The van der Waals surface area contributed by atoms with Crippen LogP contribution in [0.4, 0.5) is 0 Å². The van der Waals surface area contributed by atoms with Crippen molar-refractivity contribution >= 4 is 23.9 Å². The Bertz CT molecular complexity index is 584. The molecule has 0 bridgehead atoms. The Morgan fingerprint density at radius 1 is 0.870 bits per heavy atom. The van der Waals surface area contributed by atoms with Gasteiger partial charge in [0, 0.05) is 25.8 Å². The highest BCUT2D eigenvalue weighted by Crippen LogP contribution is 2.31. The Labute approximate surface area is 131 Å². The van der Waals surface area contributed by atoms with Gasteiger partial charge in [-0.15, -0.1) is 0 Å². The van der Waals surface area contributed by atoms with Crippen molar-refractivity contribution in [2.75, 3.05) is 0 Å². The Kier molecular flexibility index (Phi) is 6.25. The fourth-order valence-electron chi connectivity index (χ4n) is 2.01. The van der Waals surface area contributed by atoms with E-state index in [0.29, 0.717) is 0 Å². The monoisotopic (exact) mass is 324 g/mol. The van der Waals surface area contributed by atoms with Crippen LogP contribution < -0.4 is 9.47 Å². The third-order valence-electron chi connectivity index (χ3n) is 2.74. The SMILES string of the molecule is CC(=O)Oc1cc(OC(C)=O)cc(C(CC(=O)O)CC(=O)O)c1. The van der Waals surface area contributed by atoms with Gasteiger partial charge in [-0.3, -0.25) is 19.2 Å². The zero-order valence-electron chi connectivity index (χ0n) is 12.6. The summed E-state index contributed by atoms with van der Waals surface area (Å²) >= 11 is 0. The highest BCUT2D eigenvalue weighted by molar-refractivity contribution is 5.74. The fourth-order valence-corrected chi connectivity index (χ4v) is 2.01. The molecular weight excluding hydrogens is 308 g/mol. The number of benzene rings is 1. The number of esters is 2. The van der Waals surface area contributed by atoms with Gasteiger partial charge in [-0.05, 0) is 17.7 Å². The largest absolute Gasteiger partial charge is 0.481 e. The number of carbonyl (C=O) groups excluding carboxylic acids is 2. The van der Waals surface area contributed by atoms with Gasteiger partial charge < -0.3 is 19.7 Å². The molecule has 23 heavy (non-hydrogen) atoms. The van der Waals surface area contributed by atoms with E-state index in [4.69, 9.17) is 19.7 Å². The van der Waals surface area contributed by atoms with Gasteiger partial charge in [0.15, 0.2) is 0 Å². The van der Waals surface area contributed by atoms with E-state index < -0.39 is 42.6 Å². The van der Waals surface area contributed by atoms with Crippen LogP contribution >= 0.6 is 0 Å². The summed E-state index contributed by atoms with van der Waals surface area (Å²) in [5.41, 5.74) is 0.282. The van der Waals surface area contributed by atoms with Crippen molar-refractivity contribution in [2.24, 2.45) is 0 Å². The first-order valence-electron chi connectivity index (χ1n) is 6.62. The fraction of sp³-hybridized carbons (Fsp3) is 0.333. The van der Waals surface area contributed by atoms with Gasteiger partial charge in [0.1, 0.15) is 11.5 Å². The molecule has 0 radical (unpaired) electrons. The van der Waals surface area contributed by atoms with Gasteiger partial charge in [0.25, 0.3) is 0 Å². The molecule has 8 heteroatoms. The lowest BCUT2D eigenvalue weighted by atomic mass is 9.92. The zero-order chi connectivity index (χ0) is 17.6. The number of carboxylic acids is 2. The number of rotatable bonds is 7. The number of hydrogen-bond acceptors (Lipinski definition) is 6. The summed E-state index contributed by atoms with van der Waals surface area (Å²) < 4.78 is 9.82. The molecule has 0 aromatic heterocycles. The van der Waals surface area contributed by atoms with E-state index in [0.717, 1.165) is 0 Å². The number of carboxylic acid groups (broad SMARTS) is 2. The number of hydrogen-bond donors (Lipinski definition) is 2. The van der Waals surface area contributed by atoms with Gasteiger partial charge in [-0.1, -0.05) is 0 Å². The van der Waals surface area contributed by atoms with E-state index in [1.165, 1.54) is 32.0 Å². The van der Waals surface area contributed by atoms with Crippen LogP contribution in [0.1, 0.15) is 38.2 Å². The Morgan fingerprint density at radius 2 is 1.26 bits per heavy atom. The zero-order valence-corrected chi connectivity index (χ0v) is 12.6. The van der Waals surface area contributed by atoms with Crippen molar-refractivity contribution < 1.29 is 38.9 Å². The molecule has 0 fully saturated rings. The molecule has 0 atom stereocenters.